The second kappa shape index (κ2) is 9.03. The molecule has 0 aromatic heterocycles. The standard InChI is InChI=1S/C19H18BrNO3/c1-2-21-19(23)13-24-17-9-6-14(7-10-17)8-11-18(22)15-4-3-5-16(20)12-15/h3-12H,2,13H2,1H3,(H,21,23). The minimum atomic E-state index is -0.152. The highest BCUT2D eigenvalue weighted by Gasteiger charge is 2.03. The van der Waals surface area contributed by atoms with Gasteiger partial charge in [0.1, 0.15) is 5.75 Å². The topological polar surface area (TPSA) is 55.4 Å². The molecule has 5 heteroatoms. The first kappa shape index (κ1) is 17.9. The van der Waals surface area contributed by atoms with Crippen LogP contribution in [-0.4, -0.2) is 24.8 Å². The van der Waals surface area contributed by atoms with Crippen molar-refractivity contribution in [3.63, 3.8) is 0 Å². The lowest BCUT2D eigenvalue weighted by Gasteiger charge is -2.06. The molecule has 0 heterocycles. The van der Waals surface area contributed by atoms with E-state index in [1.807, 2.05) is 31.2 Å². The summed E-state index contributed by atoms with van der Waals surface area (Å²) in [5.41, 5.74) is 1.51. The predicted octanol–water partition coefficient (Wildman–Crippen LogP) is 3.86. The fourth-order valence-corrected chi connectivity index (χ4v) is 2.38. The summed E-state index contributed by atoms with van der Waals surface area (Å²) in [5.74, 6) is 0.394. The van der Waals surface area contributed by atoms with Gasteiger partial charge in [0.05, 0.1) is 0 Å². The van der Waals surface area contributed by atoms with Crippen LogP contribution in [0.3, 0.4) is 0 Å². The van der Waals surface area contributed by atoms with E-state index in [1.54, 1.807) is 30.3 Å². The molecule has 0 saturated carbocycles. The van der Waals surface area contributed by atoms with Gasteiger partial charge in [-0.3, -0.25) is 9.59 Å². The largest absolute Gasteiger partial charge is 0.484 e. The van der Waals surface area contributed by atoms with E-state index in [2.05, 4.69) is 21.2 Å². The van der Waals surface area contributed by atoms with Gasteiger partial charge in [0, 0.05) is 16.6 Å². The molecule has 2 rings (SSSR count). The normalized spacial score (nSPS) is 10.6. The summed E-state index contributed by atoms with van der Waals surface area (Å²) in [7, 11) is 0. The zero-order valence-corrected chi connectivity index (χ0v) is 14.9. The van der Waals surface area contributed by atoms with Gasteiger partial charge in [-0.2, -0.15) is 0 Å². The van der Waals surface area contributed by atoms with E-state index in [-0.39, 0.29) is 18.3 Å². The monoisotopic (exact) mass is 387 g/mol. The van der Waals surface area contributed by atoms with Crippen molar-refractivity contribution in [2.45, 2.75) is 6.92 Å². The Kier molecular flexibility index (Phi) is 6.75. The number of rotatable bonds is 7. The van der Waals surface area contributed by atoms with Gasteiger partial charge in [0.2, 0.25) is 0 Å². The van der Waals surface area contributed by atoms with Crippen molar-refractivity contribution in [2.75, 3.05) is 13.2 Å². The molecule has 2 aromatic rings. The fraction of sp³-hybridized carbons (Fsp3) is 0.158. The highest BCUT2D eigenvalue weighted by atomic mass is 79.9. The molecular formula is C19H18BrNO3. The molecule has 24 heavy (non-hydrogen) atoms. The van der Waals surface area contributed by atoms with E-state index in [4.69, 9.17) is 4.74 Å². The Hall–Kier alpha value is -2.40. The van der Waals surface area contributed by atoms with Crippen molar-refractivity contribution in [3.05, 3.63) is 70.2 Å². The smallest absolute Gasteiger partial charge is 0.257 e. The molecule has 0 spiro atoms. The third-order valence-electron chi connectivity index (χ3n) is 3.16. The lowest BCUT2D eigenvalue weighted by atomic mass is 10.1. The zero-order chi connectivity index (χ0) is 17.4. The lowest BCUT2D eigenvalue weighted by Crippen LogP contribution is -2.28. The maximum atomic E-state index is 12.1. The summed E-state index contributed by atoms with van der Waals surface area (Å²) >= 11 is 3.35. The van der Waals surface area contributed by atoms with Crippen LogP contribution in [0.4, 0.5) is 0 Å². The van der Waals surface area contributed by atoms with Crippen molar-refractivity contribution in [1.82, 2.24) is 5.32 Å². The number of benzene rings is 2. The third kappa shape index (κ3) is 5.66. The first-order valence-electron chi connectivity index (χ1n) is 7.56. The lowest BCUT2D eigenvalue weighted by molar-refractivity contribution is -0.122. The quantitative estimate of drug-likeness (QED) is 0.579. The minimum absolute atomic E-state index is 0.00953. The number of carbonyl (C=O) groups is 2. The fourth-order valence-electron chi connectivity index (χ4n) is 1.98. The van der Waals surface area contributed by atoms with Crippen LogP contribution in [0.25, 0.3) is 6.08 Å². The Bertz CT molecular complexity index is 739. The maximum Gasteiger partial charge on any atom is 0.257 e. The summed E-state index contributed by atoms with van der Waals surface area (Å²) in [6.45, 7) is 2.43. The SMILES string of the molecule is CCNC(=O)COc1ccc(C=CC(=O)c2cccc(Br)c2)cc1. The summed E-state index contributed by atoms with van der Waals surface area (Å²) < 4.78 is 6.25. The molecule has 0 atom stereocenters. The molecule has 0 fully saturated rings. The Morgan fingerprint density at radius 1 is 1.17 bits per heavy atom. The van der Waals surface area contributed by atoms with Crippen molar-refractivity contribution < 1.29 is 14.3 Å². The van der Waals surface area contributed by atoms with Crippen LogP contribution in [0.5, 0.6) is 5.75 Å². The van der Waals surface area contributed by atoms with Crippen LogP contribution in [0, 0.1) is 0 Å². The van der Waals surface area contributed by atoms with Gasteiger partial charge >= 0.3 is 0 Å². The molecule has 0 bridgehead atoms. The molecular weight excluding hydrogens is 370 g/mol. The average molecular weight is 388 g/mol. The molecule has 0 radical (unpaired) electrons. The summed E-state index contributed by atoms with van der Waals surface area (Å²) in [6, 6.07) is 14.5. The van der Waals surface area contributed by atoms with E-state index < -0.39 is 0 Å². The third-order valence-corrected chi connectivity index (χ3v) is 3.65. The Labute approximate surface area is 149 Å². The van der Waals surface area contributed by atoms with Crippen LogP contribution >= 0.6 is 15.9 Å². The number of ether oxygens (including phenoxy) is 1. The number of allylic oxidation sites excluding steroid dienone is 1. The van der Waals surface area contributed by atoms with Gasteiger partial charge in [0.25, 0.3) is 5.91 Å². The van der Waals surface area contributed by atoms with Crippen LogP contribution in [0.2, 0.25) is 0 Å². The van der Waals surface area contributed by atoms with Crippen molar-refractivity contribution in [2.24, 2.45) is 0 Å². The molecule has 0 saturated heterocycles. The van der Waals surface area contributed by atoms with Gasteiger partial charge in [-0.25, -0.2) is 0 Å². The summed E-state index contributed by atoms with van der Waals surface area (Å²) in [4.78, 5) is 23.4. The number of carbonyl (C=O) groups excluding carboxylic acids is 2. The van der Waals surface area contributed by atoms with E-state index in [0.29, 0.717) is 17.9 Å². The van der Waals surface area contributed by atoms with Gasteiger partial charge < -0.3 is 10.1 Å². The van der Waals surface area contributed by atoms with Crippen LogP contribution < -0.4 is 10.1 Å². The molecule has 0 unspecified atom stereocenters. The average Bonchev–Trinajstić information content (AvgIpc) is 2.59. The molecule has 0 aliphatic rings. The zero-order valence-electron chi connectivity index (χ0n) is 13.3. The highest BCUT2D eigenvalue weighted by molar-refractivity contribution is 9.10. The molecule has 2 aromatic carbocycles. The highest BCUT2D eigenvalue weighted by Crippen LogP contribution is 2.15. The van der Waals surface area contributed by atoms with Crippen LogP contribution in [-0.2, 0) is 4.79 Å². The number of nitrogens with one attached hydrogen (secondary N) is 1. The Morgan fingerprint density at radius 2 is 1.92 bits per heavy atom. The van der Waals surface area contributed by atoms with E-state index >= 15 is 0 Å². The number of hydrogen-bond acceptors (Lipinski definition) is 3. The van der Waals surface area contributed by atoms with E-state index in [1.165, 1.54) is 6.08 Å². The minimum Gasteiger partial charge on any atom is -0.484 e. The molecule has 4 nitrogen and oxygen atoms in total. The second-order valence-electron chi connectivity index (χ2n) is 5.02. The van der Waals surface area contributed by atoms with Crippen molar-refractivity contribution in [3.8, 4) is 5.75 Å². The number of halogens is 1. The van der Waals surface area contributed by atoms with Gasteiger partial charge in [-0.05, 0) is 42.8 Å². The second-order valence-corrected chi connectivity index (χ2v) is 5.93. The predicted molar refractivity (Wildman–Crippen MR) is 98.1 cm³/mol. The molecule has 0 aliphatic carbocycles. The maximum absolute atomic E-state index is 12.1. The van der Waals surface area contributed by atoms with E-state index in [0.717, 1.165) is 10.0 Å². The van der Waals surface area contributed by atoms with Crippen LogP contribution in [0.15, 0.2) is 59.1 Å². The number of likely N-dealkylation sites (N-methyl/N-ethyl adjacent to an activating group) is 1. The van der Waals surface area contributed by atoms with Crippen LogP contribution in [0.1, 0.15) is 22.8 Å². The van der Waals surface area contributed by atoms with Gasteiger partial charge in [-0.1, -0.05) is 46.3 Å². The van der Waals surface area contributed by atoms with E-state index in [9.17, 15) is 9.59 Å². The number of hydrogen-bond donors (Lipinski definition) is 1. The molecule has 1 amide bonds. The first-order chi connectivity index (χ1) is 11.6. The Balaban J connectivity index is 1.93. The molecule has 1 N–H and O–H groups in total. The van der Waals surface area contributed by atoms with Crippen molar-refractivity contribution >= 4 is 33.7 Å². The van der Waals surface area contributed by atoms with Crippen molar-refractivity contribution in [1.29, 1.82) is 0 Å². The molecule has 0 aliphatic heterocycles. The summed E-state index contributed by atoms with van der Waals surface area (Å²) in [6.07, 6.45) is 3.28. The Morgan fingerprint density at radius 3 is 2.58 bits per heavy atom. The summed E-state index contributed by atoms with van der Waals surface area (Å²) in [5, 5.41) is 2.66. The number of amides is 1. The first-order valence-corrected chi connectivity index (χ1v) is 8.35. The molecule has 124 valence electrons. The van der Waals surface area contributed by atoms with Gasteiger partial charge in [-0.15, -0.1) is 0 Å². The number of ketones is 1. The van der Waals surface area contributed by atoms with Gasteiger partial charge in [0.15, 0.2) is 12.4 Å².